The second-order valence-electron chi connectivity index (χ2n) is 4.14. The number of hydrogen-bond donors (Lipinski definition) is 2. The average Bonchev–Trinajstić information content (AvgIpc) is 2.99. The van der Waals surface area contributed by atoms with E-state index in [2.05, 4.69) is 20.0 Å². The summed E-state index contributed by atoms with van der Waals surface area (Å²) in [5, 5.41) is 11.0. The van der Waals surface area contributed by atoms with Gasteiger partial charge in [0.05, 0.1) is 18.5 Å². The van der Waals surface area contributed by atoms with E-state index in [1.807, 2.05) is 6.92 Å². The number of nitrogen functional groups attached to an aromatic ring is 1. The van der Waals surface area contributed by atoms with E-state index in [1.54, 1.807) is 17.1 Å². The molecule has 2 rings (SSSR count). The largest absolute Gasteiger partial charge is 0.382 e. The topological polar surface area (TPSA) is 116 Å². The fourth-order valence-corrected chi connectivity index (χ4v) is 4.36. The van der Waals surface area contributed by atoms with E-state index >= 15 is 0 Å². The average molecular weight is 316 g/mol. The Labute approximate surface area is 121 Å². The Morgan fingerprint density at radius 2 is 2.30 bits per heavy atom. The first-order valence-electron chi connectivity index (χ1n) is 6.10. The van der Waals surface area contributed by atoms with Crippen molar-refractivity contribution in [3.8, 4) is 0 Å². The molecule has 0 fully saturated rings. The van der Waals surface area contributed by atoms with Crippen molar-refractivity contribution in [2.75, 3.05) is 23.3 Å². The van der Waals surface area contributed by atoms with Crippen LogP contribution in [0.3, 0.4) is 0 Å². The summed E-state index contributed by atoms with van der Waals surface area (Å²) in [6.07, 6.45) is 3.86. The number of nitrogens with one attached hydrogen (secondary N) is 1. The third-order valence-electron chi connectivity index (χ3n) is 2.56. The van der Waals surface area contributed by atoms with Gasteiger partial charge >= 0.3 is 0 Å². The Bertz CT molecular complexity index is 649. The molecule has 8 nitrogen and oxygen atoms in total. The molecule has 0 saturated heterocycles. The minimum absolute atomic E-state index is 0.0618. The molecule has 10 heteroatoms. The van der Waals surface area contributed by atoms with Crippen molar-refractivity contribution < 1.29 is 8.42 Å². The Hall–Kier alpha value is -1.68. The Kier molecular flexibility index (Phi) is 4.55. The zero-order valence-corrected chi connectivity index (χ0v) is 12.6. The van der Waals surface area contributed by atoms with Crippen molar-refractivity contribution in [1.29, 1.82) is 0 Å². The standard InChI is InChI=1S/C10H16N6O2S2/c1-2-7-20(17,18)8-9(11)14-19-10(8)12-3-5-16-6-4-13-15-16/h4,6,12H,2-3,5,7H2,1H3,(H2,11,14). The summed E-state index contributed by atoms with van der Waals surface area (Å²) in [4.78, 5) is 0.114. The molecule has 0 saturated carbocycles. The van der Waals surface area contributed by atoms with Gasteiger partial charge < -0.3 is 11.1 Å². The third-order valence-corrected chi connectivity index (χ3v) is 5.49. The summed E-state index contributed by atoms with van der Waals surface area (Å²) in [6.45, 7) is 2.90. The molecule has 3 N–H and O–H groups in total. The van der Waals surface area contributed by atoms with E-state index in [-0.39, 0.29) is 16.5 Å². The number of nitrogens with zero attached hydrogens (tertiary/aromatic N) is 4. The second-order valence-corrected chi connectivity index (χ2v) is 6.96. The van der Waals surface area contributed by atoms with Gasteiger partial charge in [-0.2, -0.15) is 4.37 Å². The number of sulfone groups is 1. The molecule has 0 atom stereocenters. The molecule has 0 aliphatic carbocycles. The molecule has 2 heterocycles. The van der Waals surface area contributed by atoms with Crippen LogP contribution in [0.5, 0.6) is 0 Å². The zero-order valence-electron chi connectivity index (χ0n) is 11.0. The quantitative estimate of drug-likeness (QED) is 0.769. The third kappa shape index (κ3) is 3.25. The molecule has 20 heavy (non-hydrogen) atoms. The van der Waals surface area contributed by atoms with Gasteiger partial charge in [-0.3, -0.25) is 4.68 Å². The molecular weight excluding hydrogens is 300 g/mol. The number of hydrogen-bond acceptors (Lipinski definition) is 8. The van der Waals surface area contributed by atoms with Crippen LogP contribution in [-0.2, 0) is 16.4 Å². The van der Waals surface area contributed by atoms with Gasteiger partial charge in [0.1, 0.15) is 9.90 Å². The molecule has 2 aromatic heterocycles. The highest BCUT2D eigenvalue weighted by molar-refractivity contribution is 7.91. The maximum Gasteiger partial charge on any atom is 0.185 e. The van der Waals surface area contributed by atoms with Crippen molar-refractivity contribution in [2.24, 2.45) is 0 Å². The molecule has 2 aromatic rings. The molecule has 0 aliphatic rings. The predicted molar refractivity (Wildman–Crippen MR) is 77.4 cm³/mol. The fourth-order valence-electron chi connectivity index (χ4n) is 1.71. The predicted octanol–water partition coefficient (Wildman–Crippen LogP) is 0.613. The highest BCUT2D eigenvalue weighted by atomic mass is 32.2. The minimum atomic E-state index is -3.39. The Balaban J connectivity index is 2.09. The smallest absolute Gasteiger partial charge is 0.185 e. The molecule has 0 unspecified atom stereocenters. The van der Waals surface area contributed by atoms with E-state index in [4.69, 9.17) is 5.73 Å². The molecule has 0 aromatic carbocycles. The lowest BCUT2D eigenvalue weighted by Crippen LogP contribution is -2.14. The van der Waals surface area contributed by atoms with Crippen LogP contribution in [0, 0.1) is 0 Å². The van der Waals surface area contributed by atoms with E-state index in [0.29, 0.717) is 24.5 Å². The molecule has 0 bridgehead atoms. The summed E-state index contributed by atoms with van der Waals surface area (Å²) < 4.78 is 29.9. The zero-order chi connectivity index (χ0) is 14.6. The van der Waals surface area contributed by atoms with E-state index in [0.717, 1.165) is 11.5 Å². The summed E-state index contributed by atoms with van der Waals surface area (Å²) in [5.41, 5.74) is 5.68. The van der Waals surface area contributed by atoms with Gasteiger partial charge in [-0.25, -0.2) is 8.42 Å². The van der Waals surface area contributed by atoms with Gasteiger partial charge in [-0.05, 0) is 18.0 Å². The Morgan fingerprint density at radius 1 is 1.50 bits per heavy atom. The lowest BCUT2D eigenvalue weighted by Gasteiger charge is -2.07. The van der Waals surface area contributed by atoms with Crippen LogP contribution in [-0.4, -0.2) is 40.1 Å². The number of nitrogens with two attached hydrogens (primary N) is 1. The van der Waals surface area contributed by atoms with Crippen LogP contribution in [0.15, 0.2) is 17.3 Å². The molecule has 0 radical (unpaired) electrons. The lowest BCUT2D eigenvalue weighted by atomic mass is 10.5. The van der Waals surface area contributed by atoms with Crippen LogP contribution >= 0.6 is 11.5 Å². The molecular formula is C10H16N6O2S2. The summed E-state index contributed by atoms with van der Waals surface area (Å²) in [7, 11) is -3.39. The van der Waals surface area contributed by atoms with Crippen LogP contribution in [0.25, 0.3) is 0 Å². The van der Waals surface area contributed by atoms with Crippen molar-refractivity contribution in [2.45, 2.75) is 24.8 Å². The monoisotopic (exact) mass is 316 g/mol. The number of aromatic nitrogens is 4. The normalized spacial score (nSPS) is 11.7. The first-order valence-corrected chi connectivity index (χ1v) is 8.53. The van der Waals surface area contributed by atoms with Crippen LogP contribution in [0.2, 0.25) is 0 Å². The number of rotatable bonds is 7. The van der Waals surface area contributed by atoms with Crippen LogP contribution in [0.1, 0.15) is 13.3 Å². The maximum atomic E-state index is 12.1. The molecule has 0 spiro atoms. The summed E-state index contributed by atoms with van der Waals surface area (Å²) in [5.74, 6) is 0.125. The van der Waals surface area contributed by atoms with Gasteiger partial charge in [0.15, 0.2) is 15.7 Å². The van der Waals surface area contributed by atoms with Gasteiger partial charge in [0.25, 0.3) is 0 Å². The molecule has 110 valence electrons. The van der Waals surface area contributed by atoms with E-state index in [9.17, 15) is 8.42 Å². The Morgan fingerprint density at radius 3 is 2.95 bits per heavy atom. The SMILES string of the molecule is CCCS(=O)(=O)c1c(N)nsc1NCCn1ccnn1. The van der Waals surface area contributed by atoms with Crippen LogP contribution < -0.4 is 11.1 Å². The van der Waals surface area contributed by atoms with Crippen molar-refractivity contribution in [1.82, 2.24) is 19.4 Å². The van der Waals surface area contributed by atoms with Crippen molar-refractivity contribution >= 4 is 32.2 Å². The van der Waals surface area contributed by atoms with Gasteiger partial charge in [0.2, 0.25) is 0 Å². The van der Waals surface area contributed by atoms with Crippen molar-refractivity contribution in [3.63, 3.8) is 0 Å². The fraction of sp³-hybridized carbons (Fsp3) is 0.500. The first-order chi connectivity index (χ1) is 9.54. The highest BCUT2D eigenvalue weighted by Crippen LogP contribution is 2.32. The van der Waals surface area contributed by atoms with Crippen molar-refractivity contribution in [3.05, 3.63) is 12.4 Å². The maximum absolute atomic E-state index is 12.1. The lowest BCUT2D eigenvalue weighted by molar-refractivity contribution is 0.594. The summed E-state index contributed by atoms with van der Waals surface area (Å²) in [6, 6.07) is 0. The highest BCUT2D eigenvalue weighted by Gasteiger charge is 2.24. The number of anilines is 2. The summed E-state index contributed by atoms with van der Waals surface area (Å²) >= 11 is 1.06. The van der Waals surface area contributed by atoms with Crippen LogP contribution in [0.4, 0.5) is 10.8 Å². The van der Waals surface area contributed by atoms with Gasteiger partial charge in [-0.1, -0.05) is 12.1 Å². The first kappa shape index (κ1) is 14.7. The minimum Gasteiger partial charge on any atom is -0.382 e. The molecule has 0 amide bonds. The molecule has 0 aliphatic heterocycles. The van der Waals surface area contributed by atoms with E-state index in [1.165, 1.54) is 0 Å². The van der Waals surface area contributed by atoms with Gasteiger partial charge in [0, 0.05) is 12.7 Å². The second kappa shape index (κ2) is 6.18. The van der Waals surface area contributed by atoms with E-state index < -0.39 is 9.84 Å². The van der Waals surface area contributed by atoms with Gasteiger partial charge in [-0.15, -0.1) is 5.10 Å².